The minimum absolute atomic E-state index is 0.00786. The van der Waals surface area contributed by atoms with Gasteiger partial charge in [-0.15, -0.1) is 0 Å². The molecular formula is C50H95NO5. The number of aliphatic hydroxyl groups excluding tert-OH is 2. The van der Waals surface area contributed by atoms with E-state index in [9.17, 15) is 19.8 Å². The Labute approximate surface area is 348 Å². The second-order valence-electron chi connectivity index (χ2n) is 16.8. The fourth-order valence-electron chi connectivity index (χ4n) is 7.38. The predicted molar refractivity (Wildman–Crippen MR) is 241 cm³/mol. The Morgan fingerprint density at radius 2 is 0.857 bits per heavy atom. The van der Waals surface area contributed by atoms with Crippen LogP contribution in [-0.2, 0) is 14.3 Å². The summed E-state index contributed by atoms with van der Waals surface area (Å²) in [5.74, 6) is -0.0558. The molecule has 0 saturated carbocycles. The number of allylic oxidation sites excluding steroid dienone is 4. The van der Waals surface area contributed by atoms with Crippen molar-refractivity contribution >= 4 is 11.9 Å². The van der Waals surface area contributed by atoms with Crippen molar-refractivity contribution in [1.82, 2.24) is 5.32 Å². The van der Waals surface area contributed by atoms with E-state index in [0.29, 0.717) is 25.9 Å². The number of aliphatic hydroxyl groups is 2. The molecule has 0 saturated heterocycles. The fourth-order valence-corrected chi connectivity index (χ4v) is 7.38. The van der Waals surface area contributed by atoms with Crippen LogP contribution in [0.15, 0.2) is 24.3 Å². The zero-order chi connectivity index (χ0) is 40.8. The van der Waals surface area contributed by atoms with Crippen molar-refractivity contribution in [2.45, 2.75) is 270 Å². The van der Waals surface area contributed by atoms with Crippen molar-refractivity contribution in [3.63, 3.8) is 0 Å². The summed E-state index contributed by atoms with van der Waals surface area (Å²) in [7, 11) is 0. The summed E-state index contributed by atoms with van der Waals surface area (Å²) in [6.07, 6.45) is 52.9. The minimum Gasteiger partial charge on any atom is -0.466 e. The normalized spacial score (nSPS) is 12.9. The molecule has 56 heavy (non-hydrogen) atoms. The van der Waals surface area contributed by atoms with Gasteiger partial charge in [0.15, 0.2) is 0 Å². The third kappa shape index (κ3) is 42.0. The molecule has 330 valence electrons. The zero-order valence-electron chi connectivity index (χ0n) is 37.4. The Balaban J connectivity index is 3.43. The zero-order valence-corrected chi connectivity index (χ0v) is 37.4. The summed E-state index contributed by atoms with van der Waals surface area (Å²) < 4.78 is 5.44. The van der Waals surface area contributed by atoms with E-state index in [4.69, 9.17) is 4.74 Å². The van der Waals surface area contributed by atoms with Crippen LogP contribution < -0.4 is 5.32 Å². The van der Waals surface area contributed by atoms with E-state index in [1.807, 2.05) is 0 Å². The van der Waals surface area contributed by atoms with Gasteiger partial charge >= 0.3 is 5.97 Å². The largest absolute Gasteiger partial charge is 0.466 e. The van der Waals surface area contributed by atoms with Crippen molar-refractivity contribution in [2.24, 2.45) is 0 Å². The Morgan fingerprint density at radius 3 is 1.32 bits per heavy atom. The van der Waals surface area contributed by atoms with Crippen LogP contribution >= 0.6 is 0 Å². The van der Waals surface area contributed by atoms with Crippen LogP contribution in [0.25, 0.3) is 0 Å². The molecule has 6 heteroatoms. The number of carbonyl (C=O) groups excluding carboxylic acids is 2. The molecule has 6 nitrogen and oxygen atoms in total. The molecular weight excluding hydrogens is 695 g/mol. The van der Waals surface area contributed by atoms with Gasteiger partial charge in [-0.3, -0.25) is 9.59 Å². The molecule has 0 heterocycles. The third-order valence-corrected chi connectivity index (χ3v) is 11.2. The summed E-state index contributed by atoms with van der Waals surface area (Å²) in [6, 6.07) is -0.546. The smallest absolute Gasteiger partial charge is 0.305 e. The van der Waals surface area contributed by atoms with E-state index < -0.39 is 12.1 Å². The maximum Gasteiger partial charge on any atom is 0.305 e. The number of nitrogens with one attached hydrogen (secondary N) is 1. The lowest BCUT2D eigenvalue weighted by Crippen LogP contribution is -2.45. The summed E-state index contributed by atoms with van der Waals surface area (Å²) in [5.41, 5.74) is 0. The van der Waals surface area contributed by atoms with Crippen LogP contribution in [0, 0.1) is 0 Å². The van der Waals surface area contributed by atoms with Gasteiger partial charge in [-0.1, -0.05) is 199 Å². The van der Waals surface area contributed by atoms with Crippen LogP contribution in [-0.4, -0.2) is 47.4 Å². The van der Waals surface area contributed by atoms with Crippen molar-refractivity contribution < 1.29 is 24.5 Å². The van der Waals surface area contributed by atoms with Crippen LogP contribution in [0.5, 0.6) is 0 Å². The van der Waals surface area contributed by atoms with Gasteiger partial charge in [0.1, 0.15) is 0 Å². The number of carbonyl (C=O) groups is 2. The van der Waals surface area contributed by atoms with Crippen molar-refractivity contribution in [3.05, 3.63) is 24.3 Å². The van der Waals surface area contributed by atoms with E-state index in [1.165, 1.54) is 180 Å². The maximum atomic E-state index is 12.4. The average Bonchev–Trinajstić information content (AvgIpc) is 3.20. The van der Waals surface area contributed by atoms with Gasteiger partial charge < -0.3 is 20.3 Å². The second kappa shape index (κ2) is 46.0. The topological polar surface area (TPSA) is 95.9 Å². The van der Waals surface area contributed by atoms with E-state index in [0.717, 1.165) is 44.9 Å². The molecule has 0 aromatic rings. The first-order valence-corrected chi connectivity index (χ1v) is 24.6. The predicted octanol–water partition coefficient (Wildman–Crippen LogP) is 14.3. The van der Waals surface area contributed by atoms with E-state index >= 15 is 0 Å². The van der Waals surface area contributed by atoms with E-state index in [-0.39, 0.29) is 18.5 Å². The third-order valence-electron chi connectivity index (χ3n) is 11.2. The van der Waals surface area contributed by atoms with Gasteiger partial charge in [0, 0.05) is 12.8 Å². The monoisotopic (exact) mass is 790 g/mol. The molecule has 0 aliphatic heterocycles. The van der Waals surface area contributed by atoms with Crippen LogP contribution in [0.1, 0.15) is 258 Å². The summed E-state index contributed by atoms with van der Waals surface area (Å²) in [4.78, 5) is 24.3. The van der Waals surface area contributed by atoms with Crippen molar-refractivity contribution in [3.8, 4) is 0 Å². The van der Waals surface area contributed by atoms with Gasteiger partial charge in [-0.2, -0.15) is 0 Å². The molecule has 0 aromatic heterocycles. The molecule has 0 spiro atoms. The Hall–Kier alpha value is -1.66. The Morgan fingerprint density at radius 1 is 0.482 bits per heavy atom. The first-order chi connectivity index (χ1) is 27.5. The van der Waals surface area contributed by atoms with Gasteiger partial charge in [-0.25, -0.2) is 0 Å². The molecule has 0 bridgehead atoms. The number of ether oxygens (including phenoxy) is 1. The summed E-state index contributed by atoms with van der Waals surface area (Å²) in [5, 5.41) is 23.0. The second-order valence-corrected chi connectivity index (χ2v) is 16.8. The van der Waals surface area contributed by atoms with Gasteiger partial charge in [0.05, 0.1) is 25.4 Å². The van der Waals surface area contributed by atoms with E-state index in [2.05, 4.69) is 43.5 Å². The van der Waals surface area contributed by atoms with Crippen molar-refractivity contribution in [1.29, 1.82) is 0 Å². The molecule has 0 aliphatic rings. The average molecular weight is 790 g/mol. The molecule has 0 rings (SSSR count). The molecule has 0 fully saturated rings. The Bertz CT molecular complexity index is 874. The summed E-state index contributed by atoms with van der Waals surface area (Å²) >= 11 is 0. The Kier molecular flexibility index (Phi) is 44.7. The lowest BCUT2D eigenvalue weighted by Gasteiger charge is -2.22. The van der Waals surface area contributed by atoms with Crippen LogP contribution in [0.3, 0.4) is 0 Å². The molecule has 2 unspecified atom stereocenters. The van der Waals surface area contributed by atoms with E-state index in [1.54, 1.807) is 0 Å². The quantitative estimate of drug-likeness (QED) is 0.0324. The number of amides is 1. The molecule has 3 N–H and O–H groups in total. The number of rotatable bonds is 45. The first kappa shape index (κ1) is 54.3. The van der Waals surface area contributed by atoms with Gasteiger partial charge in [0.25, 0.3) is 0 Å². The number of hydrogen-bond acceptors (Lipinski definition) is 5. The molecule has 0 aliphatic carbocycles. The van der Waals surface area contributed by atoms with Crippen molar-refractivity contribution in [2.75, 3.05) is 13.2 Å². The van der Waals surface area contributed by atoms with Gasteiger partial charge in [-0.05, 0) is 70.6 Å². The fraction of sp³-hybridized carbons (Fsp3) is 0.880. The standard InChI is InChI=1S/C50H95NO5/c1-3-5-7-9-11-13-23-28-32-36-40-44-50(55)56-45-41-37-33-29-25-22-20-18-16-14-15-17-19-21-24-27-31-35-39-43-49(54)51-47(46-52)48(53)42-38-34-30-26-12-10-8-6-4-2/h9,11,14-15,47-48,52-53H,3-8,10,12-13,16-46H2,1-2H3,(H,51,54)/b11-9-,15-14-. The number of unbranched alkanes of at least 4 members (excludes halogenated alkanes) is 30. The first-order valence-electron chi connectivity index (χ1n) is 24.6. The molecule has 0 radical (unpaired) electrons. The lowest BCUT2D eigenvalue weighted by atomic mass is 10.0. The molecule has 2 atom stereocenters. The van der Waals surface area contributed by atoms with Crippen LogP contribution in [0.2, 0.25) is 0 Å². The highest BCUT2D eigenvalue weighted by molar-refractivity contribution is 5.76. The van der Waals surface area contributed by atoms with Crippen LogP contribution in [0.4, 0.5) is 0 Å². The maximum absolute atomic E-state index is 12.4. The van der Waals surface area contributed by atoms with Gasteiger partial charge in [0.2, 0.25) is 5.91 Å². The highest BCUT2D eigenvalue weighted by atomic mass is 16.5. The molecule has 1 amide bonds. The molecule has 0 aromatic carbocycles. The minimum atomic E-state index is -0.667. The highest BCUT2D eigenvalue weighted by Gasteiger charge is 2.20. The summed E-state index contributed by atoms with van der Waals surface area (Å²) in [6.45, 7) is 4.87. The number of hydrogen-bond donors (Lipinski definition) is 3. The highest BCUT2D eigenvalue weighted by Crippen LogP contribution is 2.15. The number of esters is 1. The SMILES string of the molecule is CCCC/C=C\CCCCCCCC(=O)OCCCCCCCCCC/C=C\CCCCCCCCCC(=O)NC(CO)C(O)CCCCCCCCCCC. The lowest BCUT2D eigenvalue weighted by molar-refractivity contribution is -0.143.